The maximum atomic E-state index is 14.6. The summed E-state index contributed by atoms with van der Waals surface area (Å²) >= 11 is 0. The molecule has 39 heavy (non-hydrogen) atoms. The molecule has 1 N–H and O–H groups in total. The number of aliphatic hydroxyl groups excluding tert-OH is 1. The first-order valence-electron chi connectivity index (χ1n) is 14.0. The number of benzene rings is 1. The molecule has 2 amide bonds. The summed E-state index contributed by atoms with van der Waals surface area (Å²) in [7, 11) is 0. The molecular weight excluding hydrogens is 496 g/mol. The second-order valence-corrected chi connectivity index (χ2v) is 11.3. The number of likely N-dealkylation sites (tertiary alicyclic amines) is 1. The largest absolute Gasteiger partial charge is 0.465 e. The van der Waals surface area contributed by atoms with Crippen LogP contribution in [-0.4, -0.2) is 70.8 Å². The molecule has 1 spiro atoms. The monoisotopic (exact) mass is 538 g/mol. The molecule has 1 aromatic rings. The minimum atomic E-state index is -1.19. The number of rotatable bonds is 12. The molecule has 6 atom stereocenters. The van der Waals surface area contributed by atoms with Crippen LogP contribution in [0.2, 0.25) is 0 Å². The van der Waals surface area contributed by atoms with Gasteiger partial charge in [-0.2, -0.15) is 0 Å². The normalized spacial score (nSPS) is 29.7. The quantitative estimate of drug-likeness (QED) is 0.247. The van der Waals surface area contributed by atoms with Crippen molar-refractivity contribution in [3.05, 3.63) is 54.6 Å². The lowest BCUT2D eigenvalue weighted by Gasteiger charge is -2.39. The minimum absolute atomic E-state index is 0.228. The molecule has 3 aliphatic rings. The van der Waals surface area contributed by atoms with Crippen molar-refractivity contribution in [2.75, 3.05) is 24.7 Å². The number of anilines is 1. The summed E-state index contributed by atoms with van der Waals surface area (Å²) in [6, 6.07) is 4.32. The van der Waals surface area contributed by atoms with E-state index in [1.807, 2.05) is 45.9 Å². The second kappa shape index (κ2) is 11.3. The van der Waals surface area contributed by atoms with E-state index in [0.717, 1.165) is 16.8 Å². The van der Waals surface area contributed by atoms with E-state index in [1.54, 1.807) is 17.1 Å². The smallest absolute Gasteiger partial charge is 0.312 e. The average Bonchev–Trinajstić information content (AvgIpc) is 3.48. The Morgan fingerprint density at radius 3 is 2.67 bits per heavy atom. The molecule has 3 heterocycles. The number of ether oxygens (including phenoxy) is 2. The minimum Gasteiger partial charge on any atom is -0.465 e. The van der Waals surface area contributed by atoms with E-state index < -0.39 is 41.1 Å². The van der Waals surface area contributed by atoms with Gasteiger partial charge >= 0.3 is 5.97 Å². The molecule has 1 aromatic carbocycles. The topological polar surface area (TPSA) is 96.4 Å². The summed E-state index contributed by atoms with van der Waals surface area (Å²) in [6.45, 7) is 15.4. The molecule has 2 bridgehead atoms. The van der Waals surface area contributed by atoms with Crippen molar-refractivity contribution in [2.24, 2.45) is 11.8 Å². The SMILES string of the molecule is C=CCCCOC(=O)[C@@H]1[C@H]2C(=O)N([C@@H](CC)CO)C(C(=O)N(CC=C)c3cc(C)ccc3C)C23CC[C@@]1(C)O3. The Morgan fingerprint density at radius 2 is 2.03 bits per heavy atom. The fraction of sp³-hybridized carbons (Fsp3) is 0.581. The number of fused-ring (bicyclic) bond motifs is 1. The number of hydrogen-bond donors (Lipinski definition) is 1. The van der Waals surface area contributed by atoms with Crippen LogP contribution in [0.25, 0.3) is 0 Å². The van der Waals surface area contributed by atoms with E-state index in [0.29, 0.717) is 32.1 Å². The predicted molar refractivity (Wildman–Crippen MR) is 149 cm³/mol. The van der Waals surface area contributed by atoms with Crippen LogP contribution in [-0.2, 0) is 23.9 Å². The summed E-state index contributed by atoms with van der Waals surface area (Å²) < 4.78 is 12.3. The van der Waals surface area contributed by atoms with Crippen LogP contribution in [0.1, 0.15) is 57.1 Å². The summed E-state index contributed by atoms with van der Waals surface area (Å²) in [5, 5.41) is 10.3. The predicted octanol–water partition coefficient (Wildman–Crippen LogP) is 3.87. The van der Waals surface area contributed by atoms with Crippen LogP contribution in [0.4, 0.5) is 5.69 Å². The van der Waals surface area contributed by atoms with Crippen molar-refractivity contribution in [1.82, 2.24) is 4.90 Å². The number of aryl methyl sites for hydroxylation is 2. The van der Waals surface area contributed by atoms with E-state index in [2.05, 4.69) is 13.2 Å². The Morgan fingerprint density at radius 1 is 1.28 bits per heavy atom. The van der Waals surface area contributed by atoms with Gasteiger partial charge in [0.2, 0.25) is 5.91 Å². The third kappa shape index (κ3) is 4.72. The number of carbonyl (C=O) groups excluding carboxylic acids is 3. The Hall–Kier alpha value is -2.97. The molecule has 4 rings (SSSR count). The number of esters is 1. The van der Waals surface area contributed by atoms with Crippen LogP contribution in [0.3, 0.4) is 0 Å². The van der Waals surface area contributed by atoms with Gasteiger partial charge in [-0.25, -0.2) is 0 Å². The van der Waals surface area contributed by atoms with Crippen LogP contribution in [0, 0.1) is 25.7 Å². The van der Waals surface area contributed by atoms with Gasteiger partial charge in [-0.15, -0.1) is 13.2 Å². The highest BCUT2D eigenvalue weighted by molar-refractivity contribution is 6.05. The zero-order valence-corrected chi connectivity index (χ0v) is 23.7. The fourth-order valence-corrected chi connectivity index (χ4v) is 6.89. The molecule has 212 valence electrons. The molecule has 0 radical (unpaired) electrons. The summed E-state index contributed by atoms with van der Waals surface area (Å²) in [5.41, 5.74) is 0.553. The molecule has 0 aliphatic carbocycles. The summed E-state index contributed by atoms with van der Waals surface area (Å²) in [6.07, 6.45) is 6.24. The summed E-state index contributed by atoms with van der Waals surface area (Å²) in [5.74, 6) is -2.78. The molecule has 0 aromatic heterocycles. The Labute approximate surface area is 231 Å². The standard InChI is InChI=1S/C31H42N2O6/c1-7-10-11-17-38-29(37)25-24-27(35)33(22(9-3)19-34)26(31(24)15-14-30(25,6)39-31)28(36)32(16-8-2)23-18-20(4)12-13-21(23)5/h7-8,12-13,18,22,24-26,34H,1-2,9-11,14-17,19H2,3-6H3/t22-,24-,25-,26?,30+,31?/m0/s1. The number of nitrogens with zero attached hydrogens (tertiary/aromatic N) is 2. The lowest BCUT2D eigenvalue weighted by Crippen LogP contribution is -2.59. The molecular formula is C31H42N2O6. The summed E-state index contributed by atoms with van der Waals surface area (Å²) in [4.78, 5) is 45.5. The van der Waals surface area contributed by atoms with Crippen molar-refractivity contribution in [1.29, 1.82) is 0 Å². The van der Waals surface area contributed by atoms with Crippen LogP contribution in [0.15, 0.2) is 43.5 Å². The Kier molecular flexibility index (Phi) is 8.38. The molecule has 2 unspecified atom stereocenters. The van der Waals surface area contributed by atoms with Gasteiger partial charge in [0, 0.05) is 12.2 Å². The Bertz CT molecular complexity index is 1150. The second-order valence-electron chi connectivity index (χ2n) is 11.3. The lowest BCUT2D eigenvalue weighted by atomic mass is 9.66. The molecule has 3 saturated heterocycles. The van der Waals surface area contributed by atoms with E-state index >= 15 is 0 Å². The number of amides is 2. The highest BCUT2D eigenvalue weighted by atomic mass is 16.6. The highest BCUT2D eigenvalue weighted by Gasteiger charge is 2.79. The van der Waals surface area contributed by atoms with Crippen molar-refractivity contribution in [3.8, 4) is 0 Å². The third-order valence-electron chi connectivity index (χ3n) is 8.81. The van der Waals surface area contributed by atoms with E-state index in [4.69, 9.17) is 9.47 Å². The molecule has 3 aliphatic heterocycles. The van der Waals surface area contributed by atoms with Gasteiger partial charge in [-0.3, -0.25) is 14.4 Å². The first-order valence-corrected chi connectivity index (χ1v) is 14.0. The number of hydrogen-bond acceptors (Lipinski definition) is 6. The lowest BCUT2D eigenvalue weighted by molar-refractivity contribution is -0.160. The van der Waals surface area contributed by atoms with Crippen LogP contribution >= 0.6 is 0 Å². The fourth-order valence-electron chi connectivity index (χ4n) is 6.89. The molecule has 8 heteroatoms. The first kappa shape index (κ1) is 29.0. The zero-order valence-electron chi connectivity index (χ0n) is 23.7. The first-order chi connectivity index (χ1) is 18.6. The van der Waals surface area contributed by atoms with Gasteiger partial charge in [-0.1, -0.05) is 31.2 Å². The highest BCUT2D eigenvalue weighted by Crippen LogP contribution is 2.64. The molecule has 0 saturated carbocycles. The van der Waals surface area contributed by atoms with E-state index in [-0.39, 0.29) is 31.6 Å². The van der Waals surface area contributed by atoms with Gasteiger partial charge in [0.25, 0.3) is 5.91 Å². The van der Waals surface area contributed by atoms with E-state index in [1.165, 1.54) is 4.90 Å². The molecule has 3 fully saturated rings. The number of allylic oxidation sites excluding steroid dienone is 1. The van der Waals surface area contributed by atoms with Crippen LogP contribution < -0.4 is 4.90 Å². The number of aliphatic hydroxyl groups is 1. The van der Waals surface area contributed by atoms with Gasteiger partial charge in [0.1, 0.15) is 17.6 Å². The van der Waals surface area contributed by atoms with Gasteiger partial charge < -0.3 is 24.4 Å². The van der Waals surface area contributed by atoms with Crippen molar-refractivity contribution >= 4 is 23.5 Å². The number of unbranched alkanes of at least 4 members (excludes halogenated alkanes) is 1. The zero-order chi connectivity index (χ0) is 28.5. The maximum absolute atomic E-state index is 14.6. The number of carbonyl (C=O) groups is 3. The van der Waals surface area contributed by atoms with Crippen molar-refractivity contribution in [3.63, 3.8) is 0 Å². The van der Waals surface area contributed by atoms with Gasteiger partial charge in [0.05, 0.1) is 30.8 Å². The van der Waals surface area contributed by atoms with Crippen molar-refractivity contribution < 1.29 is 29.0 Å². The molecule has 8 nitrogen and oxygen atoms in total. The van der Waals surface area contributed by atoms with Crippen molar-refractivity contribution in [2.45, 2.75) is 83.1 Å². The van der Waals surface area contributed by atoms with Gasteiger partial charge in [-0.05, 0) is 70.1 Å². The third-order valence-corrected chi connectivity index (χ3v) is 8.81. The Balaban J connectivity index is 1.79. The maximum Gasteiger partial charge on any atom is 0.312 e. The van der Waals surface area contributed by atoms with Gasteiger partial charge in [0.15, 0.2) is 0 Å². The average molecular weight is 539 g/mol. The van der Waals surface area contributed by atoms with Crippen LogP contribution in [0.5, 0.6) is 0 Å². The van der Waals surface area contributed by atoms with E-state index in [9.17, 15) is 19.5 Å².